The van der Waals surface area contributed by atoms with Crippen LogP contribution < -0.4 is 14.8 Å². The first kappa shape index (κ1) is 12.3. The fourth-order valence-electron chi connectivity index (χ4n) is 1.73. The van der Waals surface area contributed by atoms with E-state index in [4.69, 9.17) is 9.47 Å². The van der Waals surface area contributed by atoms with E-state index < -0.39 is 0 Å². The minimum Gasteiger partial charge on any atom is -0.497 e. The third kappa shape index (κ3) is 2.74. The van der Waals surface area contributed by atoms with Crippen LogP contribution in [0.25, 0.3) is 0 Å². The number of ether oxygens (including phenoxy) is 2. The lowest BCUT2D eigenvalue weighted by Gasteiger charge is -2.12. The highest BCUT2D eigenvalue weighted by molar-refractivity contribution is 5.67. The first-order valence-corrected chi connectivity index (χ1v) is 5.78. The quantitative estimate of drug-likeness (QED) is 0.887. The van der Waals surface area contributed by atoms with Gasteiger partial charge in [-0.2, -0.15) is 0 Å². The molecule has 2 rings (SSSR count). The van der Waals surface area contributed by atoms with Gasteiger partial charge >= 0.3 is 0 Å². The van der Waals surface area contributed by atoms with Crippen LogP contribution in [0.4, 0.5) is 11.4 Å². The Bertz CT molecular complexity index is 521. The minimum atomic E-state index is 0.839. The van der Waals surface area contributed by atoms with Crippen LogP contribution in [0.3, 0.4) is 0 Å². The molecule has 0 aliphatic heterocycles. The summed E-state index contributed by atoms with van der Waals surface area (Å²) in [5.74, 6) is 1.68. The monoisotopic (exact) mass is 243 g/mol. The zero-order chi connectivity index (χ0) is 13.0. The molecule has 0 radical (unpaired) electrons. The Morgan fingerprint density at radius 2 is 1.61 bits per heavy atom. The van der Waals surface area contributed by atoms with Crippen molar-refractivity contribution < 1.29 is 9.47 Å². The van der Waals surface area contributed by atoms with Gasteiger partial charge in [0.1, 0.15) is 11.5 Å². The summed E-state index contributed by atoms with van der Waals surface area (Å²) in [7, 11) is 3.33. The maximum Gasteiger partial charge on any atom is 0.142 e. The molecule has 0 spiro atoms. The second-order valence-electron chi connectivity index (χ2n) is 4.06. The van der Waals surface area contributed by atoms with E-state index in [1.165, 1.54) is 5.56 Å². The molecule has 94 valence electrons. The van der Waals surface area contributed by atoms with Crippen LogP contribution in [0.2, 0.25) is 0 Å². The van der Waals surface area contributed by atoms with E-state index in [-0.39, 0.29) is 0 Å². The van der Waals surface area contributed by atoms with Crippen LogP contribution in [-0.2, 0) is 0 Å². The van der Waals surface area contributed by atoms with E-state index in [0.29, 0.717) is 0 Å². The van der Waals surface area contributed by atoms with Crippen molar-refractivity contribution in [2.24, 2.45) is 0 Å². The SMILES string of the molecule is COc1ccc(Nc2ccc(C)cc2OC)cc1. The Kier molecular flexibility index (Phi) is 3.72. The molecular formula is C15H17NO2. The van der Waals surface area contributed by atoms with Gasteiger partial charge in [0.05, 0.1) is 19.9 Å². The van der Waals surface area contributed by atoms with Gasteiger partial charge in [-0.15, -0.1) is 0 Å². The smallest absolute Gasteiger partial charge is 0.142 e. The van der Waals surface area contributed by atoms with Crippen molar-refractivity contribution in [2.75, 3.05) is 19.5 Å². The summed E-state index contributed by atoms with van der Waals surface area (Å²) in [5.41, 5.74) is 3.12. The van der Waals surface area contributed by atoms with Crippen LogP contribution in [0.5, 0.6) is 11.5 Å². The molecule has 0 unspecified atom stereocenters. The summed E-state index contributed by atoms with van der Waals surface area (Å²) in [6.07, 6.45) is 0. The molecule has 0 saturated heterocycles. The van der Waals surface area contributed by atoms with Gasteiger partial charge < -0.3 is 14.8 Å². The maximum atomic E-state index is 5.36. The minimum absolute atomic E-state index is 0.839. The molecule has 0 saturated carbocycles. The molecule has 0 fully saturated rings. The van der Waals surface area contributed by atoms with Gasteiger partial charge in [-0.25, -0.2) is 0 Å². The molecule has 0 atom stereocenters. The summed E-state index contributed by atoms with van der Waals surface area (Å²) in [4.78, 5) is 0. The topological polar surface area (TPSA) is 30.5 Å². The number of anilines is 2. The highest BCUT2D eigenvalue weighted by Gasteiger charge is 2.03. The Labute approximate surface area is 107 Å². The number of rotatable bonds is 4. The van der Waals surface area contributed by atoms with Gasteiger partial charge in [-0.1, -0.05) is 6.07 Å². The fourth-order valence-corrected chi connectivity index (χ4v) is 1.73. The van der Waals surface area contributed by atoms with Gasteiger partial charge in [-0.05, 0) is 48.9 Å². The van der Waals surface area contributed by atoms with E-state index in [2.05, 4.69) is 5.32 Å². The molecular weight excluding hydrogens is 226 g/mol. The molecule has 0 bridgehead atoms. The predicted molar refractivity (Wildman–Crippen MR) is 74.0 cm³/mol. The fraction of sp³-hybridized carbons (Fsp3) is 0.200. The molecule has 0 aliphatic carbocycles. The van der Waals surface area contributed by atoms with E-state index in [0.717, 1.165) is 22.9 Å². The summed E-state index contributed by atoms with van der Waals surface area (Å²) in [5, 5.41) is 3.32. The molecule has 0 aliphatic rings. The van der Waals surface area contributed by atoms with E-state index >= 15 is 0 Å². The van der Waals surface area contributed by atoms with Gasteiger partial charge in [0.25, 0.3) is 0 Å². The van der Waals surface area contributed by atoms with Gasteiger partial charge in [0.2, 0.25) is 0 Å². The van der Waals surface area contributed by atoms with Crippen molar-refractivity contribution in [3.05, 3.63) is 48.0 Å². The highest BCUT2D eigenvalue weighted by Crippen LogP contribution is 2.29. The third-order valence-corrected chi connectivity index (χ3v) is 2.73. The molecule has 18 heavy (non-hydrogen) atoms. The molecule has 2 aromatic carbocycles. The van der Waals surface area contributed by atoms with Crippen molar-refractivity contribution in [1.82, 2.24) is 0 Å². The number of methoxy groups -OCH3 is 2. The van der Waals surface area contributed by atoms with Crippen LogP contribution in [-0.4, -0.2) is 14.2 Å². The van der Waals surface area contributed by atoms with E-state index in [9.17, 15) is 0 Å². The Hall–Kier alpha value is -2.16. The zero-order valence-corrected chi connectivity index (χ0v) is 10.9. The van der Waals surface area contributed by atoms with Crippen molar-refractivity contribution in [3.8, 4) is 11.5 Å². The number of hydrogen-bond donors (Lipinski definition) is 1. The van der Waals surface area contributed by atoms with Crippen molar-refractivity contribution >= 4 is 11.4 Å². The molecule has 0 aromatic heterocycles. The summed E-state index contributed by atoms with van der Waals surface area (Å²) < 4.78 is 10.5. The first-order chi connectivity index (χ1) is 8.72. The van der Waals surface area contributed by atoms with Crippen molar-refractivity contribution in [1.29, 1.82) is 0 Å². The summed E-state index contributed by atoms with van der Waals surface area (Å²) >= 11 is 0. The Morgan fingerprint density at radius 1 is 0.889 bits per heavy atom. The number of aryl methyl sites for hydroxylation is 1. The highest BCUT2D eigenvalue weighted by atomic mass is 16.5. The number of hydrogen-bond acceptors (Lipinski definition) is 3. The van der Waals surface area contributed by atoms with Gasteiger partial charge in [0.15, 0.2) is 0 Å². The molecule has 0 heterocycles. The lowest BCUT2D eigenvalue weighted by atomic mass is 10.2. The van der Waals surface area contributed by atoms with Gasteiger partial charge in [0, 0.05) is 5.69 Å². The van der Waals surface area contributed by atoms with Crippen LogP contribution in [0.1, 0.15) is 5.56 Å². The van der Waals surface area contributed by atoms with Crippen LogP contribution in [0.15, 0.2) is 42.5 Å². The summed E-state index contributed by atoms with van der Waals surface area (Å²) in [6.45, 7) is 2.04. The lowest BCUT2D eigenvalue weighted by Crippen LogP contribution is -1.95. The lowest BCUT2D eigenvalue weighted by molar-refractivity contribution is 0.415. The molecule has 3 nitrogen and oxygen atoms in total. The molecule has 2 aromatic rings. The maximum absolute atomic E-state index is 5.36. The summed E-state index contributed by atoms with van der Waals surface area (Å²) in [6, 6.07) is 13.8. The first-order valence-electron chi connectivity index (χ1n) is 5.78. The average molecular weight is 243 g/mol. The molecule has 1 N–H and O–H groups in total. The largest absolute Gasteiger partial charge is 0.497 e. The van der Waals surface area contributed by atoms with Gasteiger partial charge in [-0.3, -0.25) is 0 Å². The second-order valence-corrected chi connectivity index (χ2v) is 4.06. The van der Waals surface area contributed by atoms with Crippen molar-refractivity contribution in [3.63, 3.8) is 0 Å². The van der Waals surface area contributed by atoms with Crippen molar-refractivity contribution in [2.45, 2.75) is 6.92 Å². The standard InChI is InChI=1S/C15H17NO2/c1-11-4-9-14(15(10-11)18-3)16-12-5-7-13(17-2)8-6-12/h4-10,16H,1-3H3. The normalized spacial score (nSPS) is 9.94. The zero-order valence-electron chi connectivity index (χ0n) is 10.9. The second kappa shape index (κ2) is 5.45. The molecule has 3 heteroatoms. The van der Waals surface area contributed by atoms with Crippen LogP contribution >= 0.6 is 0 Å². The Balaban J connectivity index is 2.22. The number of nitrogens with one attached hydrogen (secondary N) is 1. The predicted octanol–water partition coefficient (Wildman–Crippen LogP) is 3.76. The third-order valence-electron chi connectivity index (χ3n) is 2.73. The molecule has 0 amide bonds. The van der Waals surface area contributed by atoms with Crippen LogP contribution in [0, 0.1) is 6.92 Å². The van der Waals surface area contributed by atoms with E-state index in [1.54, 1.807) is 14.2 Å². The average Bonchev–Trinajstić information content (AvgIpc) is 2.41. The van der Waals surface area contributed by atoms with E-state index in [1.807, 2.05) is 49.4 Å². The Morgan fingerprint density at radius 3 is 2.22 bits per heavy atom. The number of benzene rings is 2.